The number of nitrogens with one attached hydrogen (secondary N) is 1. The molecule has 2 nitrogen and oxygen atoms in total. The summed E-state index contributed by atoms with van der Waals surface area (Å²) in [6, 6.07) is 4.76. The van der Waals surface area contributed by atoms with E-state index in [0.717, 1.165) is 5.69 Å². The molecule has 0 bridgehead atoms. The van der Waals surface area contributed by atoms with Gasteiger partial charge in [0, 0.05) is 17.9 Å². The van der Waals surface area contributed by atoms with Crippen molar-refractivity contribution in [3.05, 3.63) is 29.6 Å². The molecule has 1 atom stereocenters. The number of hydrogen-bond acceptors (Lipinski definition) is 2. The first-order chi connectivity index (χ1) is 7.22. The topological polar surface area (TPSA) is 24.9 Å². The monoisotopic (exact) mass is 206 g/mol. The highest BCUT2D eigenvalue weighted by Crippen LogP contribution is 2.26. The van der Waals surface area contributed by atoms with Crippen molar-refractivity contribution >= 4 is 0 Å². The fourth-order valence-electron chi connectivity index (χ4n) is 2.20. The van der Waals surface area contributed by atoms with Crippen LogP contribution in [0, 0.1) is 12.8 Å². The van der Waals surface area contributed by atoms with Crippen LogP contribution >= 0.6 is 0 Å². The number of nitrogens with zero attached hydrogens (tertiary/aromatic N) is 1. The van der Waals surface area contributed by atoms with Gasteiger partial charge >= 0.3 is 0 Å². The maximum absolute atomic E-state index is 4.24. The molecule has 1 unspecified atom stereocenters. The first-order valence-electron chi connectivity index (χ1n) is 5.82. The molecular formula is C13H22N2. The molecule has 84 valence electrons. The third-order valence-electron chi connectivity index (χ3n) is 3.11. The number of aromatic nitrogens is 1. The minimum atomic E-state index is 0.460. The highest BCUT2D eigenvalue weighted by molar-refractivity contribution is 5.20. The van der Waals surface area contributed by atoms with Gasteiger partial charge in [0.2, 0.25) is 0 Å². The van der Waals surface area contributed by atoms with Gasteiger partial charge in [-0.05, 0) is 37.6 Å². The van der Waals surface area contributed by atoms with E-state index in [2.05, 4.69) is 36.3 Å². The van der Waals surface area contributed by atoms with Gasteiger partial charge in [0.05, 0.1) is 0 Å². The molecular weight excluding hydrogens is 184 g/mol. The van der Waals surface area contributed by atoms with E-state index in [0.29, 0.717) is 12.0 Å². The average Bonchev–Trinajstić information content (AvgIpc) is 2.25. The van der Waals surface area contributed by atoms with Crippen LogP contribution in [0.3, 0.4) is 0 Å². The second-order valence-corrected chi connectivity index (χ2v) is 4.07. The lowest BCUT2D eigenvalue weighted by Gasteiger charge is -2.25. The van der Waals surface area contributed by atoms with Gasteiger partial charge in [-0.2, -0.15) is 0 Å². The zero-order chi connectivity index (χ0) is 11.3. The molecule has 0 aliphatic heterocycles. The summed E-state index contributed by atoms with van der Waals surface area (Å²) in [5.74, 6) is 0.705. The highest BCUT2D eigenvalue weighted by atomic mass is 14.9. The predicted molar refractivity (Wildman–Crippen MR) is 64.8 cm³/mol. The summed E-state index contributed by atoms with van der Waals surface area (Å²) < 4.78 is 0. The van der Waals surface area contributed by atoms with E-state index in [1.165, 1.54) is 18.4 Å². The fourth-order valence-corrected chi connectivity index (χ4v) is 2.20. The molecule has 1 aromatic heterocycles. The fraction of sp³-hybridized carbons (Fsp3) is 0.615. The van der Waals surface area contributed by atoms with Crippen molar-refractivity contribution in [2.24, 2.45) is 5.92 Å². The number of hydrogen-bond donors (Lipinski definition) is 1. The summed E-state index contributed by atoms with van der Waals surface area (Å²) in [7, 11) is 2.04. The molecule has 1 N–H and O–H groups in total. The second kappa shape index (κ2) is 5.86. The van der Waals surface area contributed by atoms with Crippen molar-refractivity contribution in [3.8, 4) is 0 Å². The van der Waals surface area contributed by atoms with Crippen LogP contribution in [0.25, 0.3) is 0 Å². The van der Waals surface area contributed by atoms with Gasteiger partial charge in [0.1, 0.15) is 0 Å². The van der Waals surface area contributed by atoms with Crippen LogP contribution in [0.2, 0.25) is 0 Å². The lowest BCUT2D eigenvalue weighted by atomic mass is 9.89. The molecule has 0 fully saturated rings. The second-order valence-electron chi connectivity index (χ2n) is 4.07. The number of aryl methyl sites for hydroxylation is 1. The van der Waals surface area contributed by atoms with Crippen LogP contribution in [-0.4, -0.2) is 12.0 Å². The third kappa shape index (κ3) is 3.03. The van der Waals surface area contributed by atoms with Gasteiger partial charge in [0.15, 0.2) is 0 Å². The molecule has 0 saturated carbocycles. The van der Waals surface area contributed by atoms with Crippen LogP contribution in [0.5, 0.6) is 0 Å². The van der Waals surface area contributed by atoms with Crippen LogP contribution in [0.1, 0.15) is 44.0 Å². The Labute approximate surface area is 93.1 Å². The van der Waals surface area contributed by atoms with Gasteiger partial charge in [-0.25, -0.2) is 0 Å². The van der Waals surface area contributed by atoms with E-state index in [1.807, 2.05) is 20.2 Å². The summed E-state index contributed by atoms with van der Waals surface area (Å²) in [5.41, 5.74) is 2.46. The standard InChI is InChI=1S/C13H22N2/c1-5-11(6-2)13(14-4)12-7-8-15-10(3)9-12/h7-9,11,13-14H,5-6H2,1-4H3. The molecule has 0 spiro atoms. The SMILES string of the molecule is CCC(CC)C(NC)c1ccnc(C)c1. The Kier molecular flexibility index (Phi) is 4.76. The van der Waals surface area contributed by atoms with Gasteiger partial charge in [-0.15, -0.1) is 0 Å². The Morgan fingerprint density at radius 3 is 2.47 bits per heavy atom. The van der Waals surface area contributed by atoms with Crippen molar-refractivity contribution in [2.45, 2.75) is 39.7 Å². The molecule has 0 amide bonds. The molecule has 0 aliphatic carbocycles. The zero-order valence-electron chi connectivity index (χ0n) is 10.2. The van der Waals surface area contributed by atoms with Gasteiger partial charge in [-0.1, -0.05) is 26.7 Å². The van der Waals surface area contributed by atoms with Crippen molar-refractivity contribution in [3.63, 3.8) is 0 Å². The van der Waals surface area contributed by atoms with E-state index in [-0.39, 0.29) is 0 Å². The van der Waals surface area contributed by atoms with Crippen LogP contribution in [-0.2, 0) is 0 Å². The zero-order valence-corrected chi connectivity index (χ0v) is 10.2. The number of pyridine rings is 1. The van der Waals surface area contributed by atoms with Crippen molar-refractivity contribution in [1.29, 1.82) is 0 Å². The molecule has 0 aromatic carbocycles. The van der Waals surface area contributed by atoms with Crippen molar-refractivity contribution < 1.29 is 0 Å². The summed E-state index contributed by atoms with van der Waals surface area (Å²) >= 11 is 0. The summed E-state index contributed by atoms with van der Waals surface area (Å²) in [5, 5.41) is 3.42. The van der Waals surface area contributed by atoms with E-state index in [4.69, 9.17) is 0 Å². The molecule has 0 saturated heterocycles. The molecule has 1 rings (SSSR count). The summed E-state index contributed by atoms with van der Waals surface area (Å²) in [6.07, 6.45) is 4.32. The van der Waals surface area contributed by atoms with Gasteiger partial charge in [-0.3, -0.25) is 4.98 Å². The molecule has 0 radical (unpaired) electrons. The third-order valence-corrected chi connectivity index (χ3v) is 3.11. The summed E-state index contributed by atoms with van der Waals surface area (Å²) in [6.45, 7) is 6.56. The van der Waals surface area contributed by atoms with E-state index in [9.17, 15) is 0 Å². The lowest BCUT2D eigenvalue weighted by molar-refractivity contribution is 0.359. The van der Waals surface area contributed by atoms with Crippen LogP contribution in [0.15, 0.2) is 18.3 Å². The van der Waals surface area contributed by atoms with E-state index < -0.39 is 0 Å². The average molecular weight is 206 g/mol. The van der Waals surface area contributed by atoms with Gasteiger partial charge in [0.25, 0.3) is 0 Å². The maximum Gasteiger partial charge on any atom is 0.0375 e. The Bertz CT molecular complexity index is 292. The highest BCUT2D eigenvalue weighted by Gasteiger charge is 2.18. The van der Waals surface area contributed by atoms with Crippen LogP contribution in [0.4, 0.5) is 0 Å². The van der Waals surface area contributed by atoms with Crippen molar-refractivity contribution in [2.75, 3.05) is 7.05 Å². The molecule has 0 aliphatic rings. The molecule has 2 heteroatoms. The molecule has 1 heterocycles. The van der Waals surface area contributed by atoms with Crippen molar-refractivity contribution in [1.82, 2.24) is 10.3 Å². The van der Waals surface area contributed by atoms with E-state index >= 15 is 0 Å². The Morgan fingerprint density at radius 2 is 2.00 bits per heavy atom. The minimum Gasteiger partial charge on any atom is -0.313 e. The Morgan fingerprint density at radius 1 is 1.33 bits per heavy atom. The van der Waals surface area contributed by atoms with Crippen LogP contribution < -0.4 is 5.32 Å². The Balaban J connectivity index is 2.90. The van der Waals surface area contributed by atoms with E-state index in [1.54, 1.807) is 0 Å². The lowest BCUT2D eigenvalue weighted by Crippen LogP contribution is -2.24. The normalized spacial score (nSPS) is 13.1. The Hall–Kier alpha value is -0.890. The smallest absolute Gasteiger partial charge is 0.0375 e. The largest absolute Gasteiger partial charge is 0.313 e. The number of rotatable bonds is 5. The predicted octanol–water partition coefficient (Wildman–Crippen LogP) is 3.09. The molecule has 1 aromatic rings. The first kappa shape index (κ1) is 12.2. The maximum atomic E-state index is 4.24. The first-order valence-corrected chi connectivity index (χ1v) is 5.82. The minimum absolute atomic E-state index is 0.460. The summed E-state index contributed by atoms with van der Waals surface area (Å²) in [4.78, 5) is 4.24. The van der Waals surface area contributed by atoms with Gasteiger partial charge < -0.3 is 5.32 Å². The molecule has 15 heavy (non-hydrogen) atoms. The quantitative estimate of drug-likeness (QED) is 0.800.